The summed E-state index contributed by atoms with van der Waals surface area (Å²) in [7, 11) is -3.11. The molecular formula is C8H5O2S. The number of hydrogen-bond donors (Lipinski definition) is 0. The van der Waals surface area contributed by atoms with Crippen molar-refractivity contribution < 1.29 is 8.42 Å². The fourth-order valence-electron chi connectivity index (χ4n) is 1.05. The fraction of sp³-hybridized carbons (Fsp3) is 0. The first-order valence-corrected chi connectivity index (χ1v) is 4.68. The van der Waals surface area contributed by atoms with Gasteiger partial charge in [0.15, 0.2) is 9.84 Å². The van der Waals surface area contributed by atoms with Crippen LogP contribution in [0.25, 0.3) is 6.08 Å². The number of benzene rings is 1. The molecule has 1 radical (unpaired) electrons. The van der Waals surface area contributed by atoms with Crippen LogP contribution in [-0.2, 0) is 9.84 Å². The number of sulfone groups is 1. The molecule has 0 aliphatic carbocycles. The van der Waals surface area contributed by atoms with Gasteiger partial charge in [-0.25, -0.2) is 8.42 Å². The van der Waals surface area contributed by atoms with Crippen LogP contribution in [0.2, 0.25) is 0 Å². The van der Waals surface area contributed by atoms with Crippen molar-refractivity contribution in [2.75, 3.05) is 0 Å². The van der Waals surface area contributed by atoms with Gasteiger partial charge in [0.05, 0.1) is 4.90 Å². The SMILES string of the molecule is O=S1(=O)C=Cc2c[c]ccc21. The zero-order chi connectivity index (χ0) is 7.90. The molecule has 1 heterocycles. The Morgan fingerprint density at radius 1 is 1.36 bits per heavy atom. The second-order valence-corrected chi connectivity index (χ2v) is 4.11. The van der Waals surface area contributed by atoms with Gasteiger partial charge in [0.25, 0.3) is 0 Å². The van der Waals surface area contributed by atoms with Crippen LogP contribution in [0, 0.1) is 6.07 Å². The molecule has 1 aliphatic heterocycles. The molecule has 11 heavy (non-hydrogen) atoms. The fourth-order valence-corrected chi connectivity index (χ4v) is 2.24. The third kappa shape index (κ3) is 0.886. The minimum absolute atomic E-state index is 0.385. The topological polar surface area (TPSA) is 34.1 Å². The van der Waals surface area contributed by atoms with Crippen LogP contribution < -0.4 is 0 Å². The Balaban J connectivity index is 2.84. The van der Waals surface area contributed by atoms with Crippen LogP contribution in [0.5, 0.6) is 0 Å². The highest BCUT2D eigenvalue weighted by atomic mass is 32.2. The van der Waals surface area contributed by atoms with E-state index in [-0.39, 0.29) is 0 Å². The van der Waals surface area contributed by atoms with Crippen molar-refractivity contribution >= 4 is 15.9 Å². The number of fused-ring (bicyclic) bond motifs is 1. The van der Waals surface area contributed by atoms with Gasteiger partial charge >= 0.3 is 0 Å². The van der Waals surface area contributed by atoms with Gasteiger partial charge in [-0.1, -0.05) is 6.07 Å². The maximum Gasteiger partial charge on any atom is 0.200 e. The number of rotatable bonds is 0. The average molecular weight is 165 g/mol. The molecule has 3 heteroatoms. The standard InChI is InChI=1S/C8H5O2S/c9-11(10)6-5-7-3-1-2-4-8(7)11/h2-6H. The van der Waals surface area contributed by atoms with Crippen molar-refractivity contribution in [3.8, 4) is 0 Å². The predicted molar refractivity (Wildman–Crippen MR) is 41.5 cm³/mol. The van der Waals surface area contributed by atoms with E-state index in [1.807, 2.05) is 0 Å². The van der Waals surface area contributed by atoms with Crippen LogP contribution in [0.15, 0.2) is 28.5 Å². The Morgan fingerprint density at radius 2 is 2.18 bits per heavy atom. The number of hydrogen-bond acceptors (Lipinski definition) is 2. The first-order chi connectivity index (χ1) is 5.20. The van der Waals surface area contributed by atoms with Gasteiger partial charge in [-0.15, -0.1) is 0 Å². The molecule has 0 fully saturated rings. The largest absolute Gasteiger partial charge is 0.219 e. The minimum atomic E-state index is -3.11. The zero-order valence-corrected chi connectivity index (χ0v) is 6.43. The van der Waals surface area contributed by atoms with E-state index in [0.717, 1.165) is 5.56 Å². The summed E-state index contributed by atoms with van der Waals surface area (Å²) < 4.78 is 22.3. The van der Waals surface area contributed by atoms with Gasteiger partial charge in [0, 0.05) is 5.41 Å². The maximum absolute atomic E-state index is 11.2. The van der Waals surface area contributed by atoms with E-state index in [0.29, 0.717) is 4.90 Å². The minimum Gasteiger partial charge on any atom is -0.219 e. The lowest BCUT2D eigenvalue weighted by Gasteiger charge is -1.94. The van der Waals surface area contributed by atoms with Crippen LogP contribution >= 0.6 is 0 Å². The van der Waals surface area contributed by atoms with E-state index in [2.05, 4.69) is 6.07 Å². The van der Waals surface area contributed by atoms with Crippen molar-refractivity contribution in [1.82, 2.24) is 0 Å². The van der Waals surface area contributed by atoms with E-state index in [4.69, 9.17) is 0 Å². The molecule has 55 valence electrons. The molecule has 0 amide bonds. The summed E-state index contributed by atoms with van der Waals surface area (Å²) in [5, 5.41) is 1.21. The second-order valence-electron chi connectivity index (χ2n) is 2.31. The van der Waals surface area contributed by atoms with Crippen molar-refractivity contribution in [2.24, 2.45) is 0 Å². The Kier molecular flexibility index (Phi) is 1.17. The smallest absolute Gasteiger partial charge is 0.200 e. The molecule has 1 aromatic rings. The summed E-state index contributed by atoms with van der Waals surface area (Å²) in [5.41, 5.74) is 0.729. The Hall–Kier alpha value is -1.09. The van der Waals surface area contributed by atoms with E-state index >= 15 is 0 Å². The molecule has 0 saturated heterocycles. The average Bonchev–Trinajstić information content (AvgIpc) is 2.29. The first kappa shape index (κ1) is 6.61. The molecule has 1 aliphatic rings. The molecule has 0 saturated carbocycles. The molecule has 2 nitrogen and oxygen atoms in total. The van der Waals surface area contributed by atoms with Crippen LogP contribution in [-0.4, -0.2) is 8.42 Å². The lowest BCUT2D eigenvalue weighted by atomic mass is 10.2. The zero-order valence-electron chi connectivity index (χ0n) is 5.61. The summed E-state index contributed by atoms with van der Waals surface area (Å²) in [6.07, 6.45) is 1.58. The van der Waals surface area contributed by atoms with Gasteiger partial charge in [-0.05, 0) is 29.8 Å². The van der Waals surface area contributed by atoms with E-state index < -0.39 is 9.84 Å². The van der Waals surface area contributed by atoms with E-state index in [9.17, 15) is 8.42 Å². The molecule has 0 bridgehead atoms. The molecule has 0 N–H and O–H groups in total. The lowest BCUT2D eigenvalue weighted by molar-refractivity contribution is 0.605. The highest BCUT2D eigenvalue weighted by molar-refractivity contribution is 7.94. The monoisotopic (exact) mass is 165 g/mol. The van der Waals surface area contributed by atoms with Crippen molar-refractivity contribution in [3.63, 3.8) is 0 Å². The van der Waals surface area contributed by atoms with Gasteiger partial charge < -0.3 is 0 Å². The molecule has 0 atom stereocenters. The van der Waals surface area contributed by atoms with Gasteiger partial charge in [0.1, 0.15) is 0 Å². The van der Waals surface area contributed by atoms with Gasteiger partial charge in [0.2, 0.25) is 0 Å². The molecule has 1 aromatic carbocycles. The Labute approximate surface area is 65.1 Å². The highest BCUT2D eigenvalue weighted by Crippen LogP contribution is 2.25. The summed E-state index contributed by atoms with van der Waals surface area (Å²) >= 11 is 0. The maximum atomic E-state index is 11.2. The van der Waals surface area contributed by atoms with Crippen LogP contribution in [0.4, 0.5) is 0 Å². The summed E-state index contributed by atoms with van der Waals surface area (Å²) in [6.45, 7) is 0. The van der Waals surface area contributed by atoms with Gasteiger partial charge in [-0.2, -0.15) is 0 Å². The van der Waals surface area contributed by atoms with E-state index in [1.165, 1.54) is 5.41 Å². The molecule has 0 spiro atoms. The van der Waals surface area contributed by atoms with E-state index in [1.54, 1.807) is 24.3 Å². The summed E-state index contributed by atoms with van der Waals surface area (Å²) in [6, 6.07) is 7.64. The van der Waals surface area contributed by atoms with Gasteiger partial charge in [-0.3, -0.25) is 0 Å². The van der Waals surface area contributed by atoms with Crippen molar-refractivity contribution in [1.29, 1.82) is 0 Å². The summed E-state index contributed by atoms with van der Waals surface area (Å²) in [4.78, 5) is 0.385. The van der Waals surface area contributed by atoms with Crippen molar-refractivity contribution in [3.05, 3.63) is 35.2 Å². The predicted octanol–water partition coefficient (Wildman–Crippen LogP) is 1.24. The normalized spacial score (nSPS) is 18.2. The molecule has 0 aromatic heterocycles. The lowest BCUT2D eigenvalue weighted by Crippen LogP contribution is -1.91. The molecule has 0 unspecified atom stereocenters. The Morgan fingerprint density at radius 3 is 2.91 bits per heavy atom. The quantitative estimate of drug-likeness (QED) is 0.579. The third-order valence-corrected chi connectivity index (χ3v) is 3.07. The third-order valence-electron chi connectivity index (χ3n) is 1.59. The first-order valence-electron chi connectivity index (χ1n) is 3.13. The summed E-state index contributed by atoms with van der Waals surface area (Å²) in [5.74, 6) is 0. The second kappa shape index (κ2) is 1.95. The highest BCUT2D eigenvalue weighted by Gasteiger charge is 2.18. The van der Waals surface area contributed by atoms with Crippen molar-refractivity contribution in [2.45, 2.75) is 4.90 Å². The molecular weight excluding hydrogens is 160 g/mol. The Bertz CT molecular complexity index is 415. The molecule has 2 rings (SSSR count). The van der Waals surface area contributed by atoms with Crippen LogP contribution in [0.3, 0.4) is 0 Å². The van der Waals surface area contributed by atoms with Crippen LogP contribution in [0.1, 0.15) is 5.56 Å².